The summed E-state index contributed by atoms with van der Waals surface area (Å²) in [6.45, 7) is 12.4. The van der Waals surface area contributed by atoms with Gasteiger partial charge in [-0.2, -0.15) is 0 Å². The maximum atomic E-state index is 14.6. The molecule has 0 unspecified atom stereocenters. The van der Waals surface area contributed by atoms with Gasteiger partial charge in [-0.25, -0.2) is 27.9 Å². The van der Waals surface area contributed by atoms with Crippen LogP contribution in [0.25, 0.3) is 21.6 Å². The lowest BCUT2D eigenvalue weighted by Crippen LogP contribution is -2.59. The number of nitrogens with one attached hydrogen (secondary N) is 3. The Kier molecular flexibility index (Phi) is 11.7. The van der Waals surface area contributed by atoms with Gasteiger partial charge in [0.05, 0.1) is 29.8 Å². The molecule has 60 heavy (non-hydrogen) atoms. The number of hydrogen-bond donors (Lipinski definition) is 3. The monoisotopic (exact) mass is 858 g/mol. The van der Waals surface area contributed by atoms with Gasteiger partial charge in [0.2, 0.25) is 11.8 Å². The van der Waals surface area contributed by atoms with Crippen LogP contribution in [0.3, 0.4) is 0 Å². The number of methoxy groups -OCH3 is 1. The maximum absolute atomic E-state index is 14.6. The quantitative estimate of drug-likeness (QED) is 0.147. The lowest BCUT2D eigenvalue weighted by molar-refractivity contribution is -0.141. The summed E-state index contributed by atoms with van der Waals surface area (Å²) in [5, 5.41) is 6.92. The van der Waals surface area contributed by atoms with E-state index in [0.717, 1.165) is 30.0 Å². The molecule has 2 aromatic carbocycles. The summed E-state index contributed by atoms with van der Waals surface area (Å²) in [6, 6.07) is 12.4. The highest BCUT2D eigenvalue weighted by atomic mass is 32.2. The van der Waals surface area contributed by atoms with Gasteiger partial charge in [-0.15, -0.1) is 17.9 Å². The van der Waals surface area contributed by atoms with Gasteiger partial charge < -0.3 is 29.7 Å². The zero-order chi connectivity index (χ0) is 43.1. The molecule has 7 rings (SSSR count). The van der Waals surface area contributed by atoms with Crippen LogP contribution in [0, 0.1) is 11.8 Å². The van der Waals surface area contributed by atoms with Crippen molar-refractivity contribution in [3.63, 3.8) is 0 Å². The molecule has 0 spiro atoms. The summed E-state index contributed by atoms with van der Waals surface area (Å²) >= 11 is 1.60. The lowest BCUT2D eigenvalue weighted by Gasteiger charge is -2.31. The van der Waals surface area contributed by atoms with Crippen molar-refractivity contribution < 1.29 is 41.8 Å². The smallest absolute Gasteiger partial charge is 0.408 e. The number of aryl methyl sites for hydroxylation is 2. The molecule has 2 fully saturated rings. The van der Waals surface area contributed by atoms with Crippen molar-refractivity contribution >= 4 is 56.1 Å². The molecule has 17 heteroatoms. The summed E-state index contributed by atoms with van der Waals surface area (Å²) in [5.74, 6) is -2.16. The normalized spacial score (nSPS) is 21.5. The van der Waals surface area contributed by atoms with Gasteiger partial charge in [0, 0.05) is 34.7 Å². The largest absolute Gasteiger partial charge is 0.497 e. The van der Waals surface area contributed by atoms with Crippen molar-refractivity contribution in [2.75, 3.05) is 13.7 Å². The van der Waals surface area contributed by atoms with E-state index in [-0.39, 0.29) is 24.3 Å². The first-order valence-electron chi connectivity index (χ1n) is 19.9. The number of thiazole rings is 1. The topological polar surface area (TPSA) is 195 Å². The van der Waals surface area contributed by atoms with Gasteiger partial charge in [0.15, 0.2) is 0 Å². The number of likely N-dealkylation sites (tertiary alicyclic amines) is 1. The second kappa shape index (κ2) is 16.5. The Bertz CT molecular complexity index is 2430. The predicted molar refractivity (Wildman–Crippen MR) is 225 cm³/mol. The summed E-state index contributed by atoms with van der Waals surface area (Å²) in [6.07, 6.45) is 2.95. The number of carbonyl (C=O) groups excluding carboxylic acids is 4. The molecule has 15 nitrogen and oxygen atoms in total. The van der Waals surface area contributed by atoms with E-state index in [4.69, 9.17) is 24.2 Å². The average Bonchev–Trinajstić information content (AvgIpc) is 3.49. The van der Waals surface area contributed by atoms with Gasteiger partial charge >= 0.3 is 6.09 Å². The SMILES string of the molecule is C=C[C@@H]1C[C@]1(NC(=O)[C@@H]1C[C@@H](Oc2cc(-c3nc4c(s3)CCC4)nc3cc(OC)ccc23)CN1C(=O)[C@@H](NC(=O)OC(C)(C)C)C(C)C)C(=O)NS(=O)(=O)c1ccccc1. The fraction of sp³-hybridized carbons (Fsp3) is 0.442. The summed E-state index contributed by atoms with van der Waals surface area (Å²) in [4.78, 5) is 68.2. The van der Waals surface area contributed by atoms with E-state index < -0.39 is 75.0 Å². The average molecular weight is 859 g/mol. The number of alkyl carbamates (subject to hydrolysis) is 1. The molecule has 2 aromatic heterocycles. The Morgan fingerprint density at radius 2 is 1.80 bits per heavy atom. The molecule has 3 aliphatic rings. The van der Waals surface area contributed by atoms with E-state index in [2.05, 4.69) is 21.9 Å². The van der Waals surface area contributed by atoms with Crippen molar-refractivity contribution in [2.24, 2.45) is 11.8 Å². The molecule has 1 aliphatic heterocycles. The second-order valence-corrected chi connectivity index (χ2v) is 19.5. The van der Waals surface area contributed by atoms with Gasteiger partial charge in [-0.3, -0.25) is 14.4 Å². The first kappa shape index (κ1) is 42.6. The molecule has 3 N–H and O–H groups in total. The second-order valence-electron chi connectivity index (χ2n) is 16.7. The highest BCUT2D eigenvalue weighted by molar-refractivity contribution is 7.90. The molecule has 2 aliphatic carbocycles. The van der Waals surface area contributed by atoms with Crippen molar-refractivity contribution in [2.45, 2.75) is 101 Å². The van der Waals surface area contributed by atoms with Crippen molar-refractivity contribution in [3.8, 4) is 22.2 Å². The molecule has 318 valence electrons. The number of aromatic nitrogens is 2. The number of hydrogen-bond acceptors (Lipinski definition) is 12. The minimum atomic E-state index is -4.29. The number of nitrogens with zero attached hydrogens (tertiary/aromatic N) is 3. The minimum absolute atomic E-state index is 0.00551. The molecule has 5 atom stereocenters. The zero-order valence-corrected chi connectivity index (χ0v) is 36.1. The molecule has 0 bridgehead atoms. The molecule has 4 amide bonds. The van der Waals surface area contributed by atoms with E-state index >= 15 is 0 Å². The van der Waals surface area contributed by atoms with Gasteiger partial charge in [0.1, 0.15) is 51.5 Å². The fourth-order valence-corrected chi connectivity index (χ4v) is 9.87. The lowest BCUT2D eigenvalue weighted by atomic mass is 10.0. The first-order valence-corrected chi connectivity index (χ1v) is 22.2. The van der Waals surface area contributed by atoms with E-state index in [9.17, 15) is 27.6 Å². The number of sulfonamides is 1. The number of fused-ring (bicyclic) bond motifs is 2. The molecule has 0 radical (unpaired) electrons. The summed E-state index contributed by atoms with van der Waals surface area (Å²) < 4.78 is 46.3. The van der Waals surface area contributed by atoms with Crippen LogP contribution in [0.1, 0.15) is 64.5 Å². The summed E-state index contributed by atoms with van der Waals surface area (Å²) in [7, 11) is -2.72. The Balaban J connectivity index is 1.21. The molecular formula is C43H50N6O9S2. The number of rotatable bonds is 13. The Morgan fingerprint density at radius 1 is 1.05 bits per heavy atom. The Labute approximate surface area is 353 Å². The third-order valence-corrected chi connectivity index (χ3v) is 13.4. The van der Waals surface area contributed by atoms with Gasteiger partial charge in [-0.05, 0) is 76.6 Å². The zero-order valence-electron chi connectivity index (χ0n) is 34.4. The minimum Gasteiger partial charge on any atom is -0.497 e. The van der Waals surface area contributed by atoms with Crippen molar-refractivity contribution in [1.29, 1.82) is 0 Å². The Hall–Kier alpha value is -5.55. The highest BCUT2D eigenvalue weighted by Gasteiger charge is 2.61. The number of ether oxygens (including phenoxy) is 3. The molecule has 1 saturated carbocycles. The fourth-order valence-electron chi connectivity index (χ4n) is 7.70. The number of amides is 4. The van der Waals surface area contributed by atoms with Crippen LogP contribution >= 0.6 is 11.3 Å². The Morgan fingerprint density at radius 3 is 2.45 bits per heavy atom. The van der Waals surface area contributed by atoms with E-state index in [1.54, 1.807) is 71.3 Å². The van der Waals surface area contributed by atoms with E-state index in [1.807, 2.05) is 12.1 Å². The van der Waals surface area contributed by atoms with Crippen molar-refractivity contribution in [3.05, 3.63) is 77.8 Å². The van der Waals surface area contributed by atoms with Crippen molar-refractivity contribution in [1.82, 2.24) is 30.2 Å². The van der Waals surface area contributed by atoms with Crippen LogP contribution in [0.15, 0.2) is 72.1 Å². The van der Waals surface area contributed by atoms with Crippen LogP contribution in [-0.4, -0.2) is 90.1 Å². The van der Waals surface area contributed by atoms with E-state index in [0.29, 0.717) is 28.1 Å². The third kappa shape index (κ3) is 8.82. The third-order valence-electron chi connectivity index (χ3n) is 10.9. The number of carbonyl (C=O) groups is 4. The number of pyridine rings is 1. The standard InChI is InChI=1S/C43H50N6O9S2/c1-8-25-22-43(25,40(52)48-60(54,55)28-13-10-9-11-14-28)47-37(50)33-20-27(23-49(33)39(51)36(24(2)3)46-41(53)58-42(4,5)6)57-34-21-32(38-45-30-15-12-16-35(30)59-38)44-31-19-26(56-7)17-18-29(31)34/h8-11,13-14,17-19,21,24-25,27,33,36H,1,12,15-16,20,22-23H2,2-7H3,(H,46,53)(H,47,50)(H,48,52)/t25-,27-,33+,36+,43-/m1/s1. The van der Waals surface area contributed by atoms with Gasteiger partial charge in [-0.1, -0.05) is 38.1 Å². The van der Waals surface area contributed by atoms with Gasteiger partial charge in [0.25, 0.3) is 15.9 Å². The highest BCUT2D eigenvalue weighted by Crippen LogP contribution is 2.45. The van der Waals surface area contributed by atoms with Crippen LogP contribution in [0.5, 0.6) is 11.5 Å². The predicted octanol–water partition coefficient (Wildman–Crippen LogP) is 5.32. The maximum Gasteiger partial charge on any atom is 0.408 e. The number of benzene rings is 2. The summed E-state index contributed by atoms with van der Waals surface area (Å²) in [5.41, 5.74) is -0.213. The molecule has 1 saturated heterocycles. The van der Waals surface area contributed by atoms with Crippen LogP contribution in [0.2, 0.25) is 0 Å². The van der Waals surface area contributed by atoms with E-state index in [1.165, 1.54) is 40.1 Å². The molecule has 4 aromatic rings. The molecule has 3 heterocycles. The molecular weight excluding hydrogens is 809 g/mol. The first-order chi connectivity index (χ1) is 28.4. The van der Waals surface area contributed by atoms with Crippen LogP contribution in [-0.2, 0) is 42.0 Å². The van der Waals surface area contributed by atoms with Crippen LogP contribution in [0.4, 0.5) is 4.79 Å². The van der Waals surface area contributed by atoms with Crippen LogP contribution < -0.4 is 24.8 Å².